The summed E-state index contributed by atoms with van der Waals surface area (Å²) in [6, 6.07) is 0. The third kappa shape index (κ3) is 3.71. The van der Waals surface area contributed by atoms with Crippen LogP contribution in [0.1, 0.15) is 26.7 Å². The van der Waals surface area contributed by atoms with E-state index in [2.05, 4.69) is 24.1 Å². The normalized spacial score (nSPS) is 22.8. The lowest BCUT2D eigenvalue weighted by atomic mass is 9.96. The Balaban J connectivity index is 1.90. The number of nitrogens with zero attached hydrogens (tertiary/aromatic N) is 2. The first kappa shape index (κ1) is 15.7. The molecular formula is C15H29N3O2. The first-order valence-electron chi connectivity index (χ1n) is 7.81. The highest BCUT2D eigenvalue weighted by Gasteiger charge is 2.37. The molecule has 20 heavy (non-hydrogen) atoms. The van der Waals surface area contributed by atoms with Gasteiger partial charge in [0.15, 0.2) is 0 Å². The summed E-state index contributed by atoms with van der Waals surface area (Å²) in [5.41, 5.74) is -0.401. The summed E-state index contributed by atoms with van der Waals surface area (Å²) in [5, 5.41) is 3.34. The number of hydrogen-bond acceptors (Lipinski definition) is 4. The number of nitrogens with one attached hydrogen (secondary N) is 1. The van der Waals surface area contributed by atoms with E-state index < -0.39 is 5.54 Å². The first-order valence-corrected chi connectivity index (χ1v) is 7.81. The van der Waals surface area contributed by atoms with Crippen molar-refractivity contribution in [1.82, 2.24) is 15.1 Å². The van der Waals surface area contributed by atoms with Crippen molar-refractivity contribution in [1.29, 1.82) is 0 Å². The van der Waals surface area contributed by atoms with Crippen molar-refractivity contribution < 1.29 is 9.53 Å². The van der Waals surface area contributed by atoms with Crippen molar-refractivity contribution in [2.45, 2.75) is 32.2 Å². The van der Waals surface area contributed by atoms with Crippen molar-refractivity contribution in [3.05, 3.63) is 0 Å². The fourth-order valence-corrected chi connectivity index (χ4v) is 3.23. The average Bonchev–Trinajstić information content (AvgIpc) is 2.48. The van der Waals surface area contributed by atoms with E-state index in [0.29, 0.717) is 5.92 Å². The second kappa shape index (κ2) is 6.87. The largest absolute Gasteiger partial charge is 0.381 e. The number of carbonyl (C=O) groups is 1. The van der Waals surface area contributed by atoms with E-state index in [1.165, 1.54) is 0 Å². The second-order valence-electron chi connectivity index (χ2n) is 6.54. The third-order valence-electron chi connectivity index (χ3n) is 4.65. The zero-order valence-corrected chi connectivity index (χ0v) is 13.2. The highest BCUT2D eigenvalue weighted by Crippen LogP contribution is 2.21. The molecule has 0 spiro atoms. The Bertz CT molecular complexity index is 321. The molecule has 2 fully saturated rings. The van der Waals surface area contributed by atoms with Gasteiger partial charge in [-0.25, -0.2) is 0 Å². The lowest BCUT2D eigenvalue weighted by Crippen LogP contribution is -2.60. The monoisotopic (exact) mass is 283 g/mol. The van der Waals surface area contributed by atoms with E-state index in [0.717, 1.165) is 58.8 Å². The molecule has 1 N–H and O–H groups in total. The Labute approximate surface area is 122 Å². The fourth-order valence-electron chi connectivity index (χ4n) is 3.23. The van der Waals surface area contributed by atoms with Crippen LogP contribution in [0.4, 0.5) is 0 Å². The zero-order valence-electron chi connectivity index (χ0n) is 13.2. The van der Waals surface area contributed by atoms with Crippen molar-refractivity contribution in [2.24, 2.45) is 5.92 Å². The molecule has 5 nitrogen and oxygen atoms in total. The van der Waals surface area contributed by atoms with Gasteiger partial charge in [-0.2, -0.15) is 0 Å². The van der Waals surface area contributed by atoms with Gasteiger partial charge in [0.05, 0.1) is 5.54 Å². The van der Waals surface area contributed by atoms with Gasteiger partial charge in [-0.1, -0.05) is 0 Å². The minimum atomic E-state index is -0.401. The van der Waals surface area contributed by atoms with Crippen molar-refractivity contribution in [3.63, 3.8) is 0 Å². The van der Waals surface area contributed by atoms with Crippen LogP contribution in [0.3, 0.4) is 0 Å². The second-order valence-corrected chi connectivity index (χ2v) is 6.54. The minimum absolute atomic E-state index is 0.242. The molecule has 2 aliphatic rings. The summed E-state index contributed by atoms with van der Waals surface area (Å²) in [4.78, 5) is 17.0. The molecule has 2 heterocycles. The Morgan fingerprint density at radius 2 is 1.90 bits per heavy atom. The summed E-state index contributed by atoms with van der Waals surface area (Å²) < 4.78 is 5.39. The molecule has 2 saturated heterocycles. The van der Waals surface area contributed by atoms with Gasteiger partial charge in [0.2, 0.25) is 5.91 Å². The SMILES string of the molecule is CN(CC1CCOCC1)C(=O)C(C)(C)N1CCNCC1. The molecule has 0 aliphatic carbocycles. The van der Waals surface area contributed by atoms with Crippen LogP contribution in [0.25, 0.3) is 0 Å². The summed E-state index contributed by atoms with van der Waals surface area (Å²) in [7, 11) is 1.95. The molecule has 0 aromatic rings. The maximum Gasteiger partial charge on any atom is 0.242 e. The number of carbonyl (C=O) groups excluding carboxylic acids is 1. The van der Waals surface area contributed by atoms with Crippen LogP contribution >= 0.6 is 0 Å². The Morgan fingerprint density at radius 1 is 1.30 bits per heavy atom. The first-order chi connectivity index (χ1) is 9.51. The highest BCUT2D eigenvalue weighted by molar-refractivity contribution is 5.85. The van der Waals surface area contributed by atoms with Gasteiger partial charge < -0.3 is 15.0 Å². The van der Waals surface area contributed by atoms with Gasteiger partial charge >= 0.3 is 0 Å². The number of ether oxygens (including phenoxy) is 1. The van der Waals surface area contributed by atoms with E-state index in [-0.39, 0.29) is 5.91 Å². The van der Waals surface area contributed by atoms with E-state index in [9.17, 15) is 4.79 Å². The van der Waals surface area contributed by atoms with Crippen LogP contribution in [0, 0.1) is 5.92 Å². The van der Waals surface area contributed by atoms with Gasteiger partial charge in [-0.3, -0.25) is 9.69 Å². The fraction of sp³-hybridized carbons (Fsp3) is 0.933. The van der Waals surface area contributed by atoms with Crippen molar-refractivity contribution in [3.8, 4) is 0 Å². The Hall–Kier alpha value is -0.650. The molecule has 5 heteroatoms. The summed E-state index contributed by atoms with van der Waals surface area (Å²) in [6.07, 6.45) is 2.15. The van der Waals surface area contributed by atoms with Crippen LogP contribution in [0.15, 0.2) is 0 Å². The maximum absolute atomic E-state index is 12.8. The highest BCUT2D eigenvalue weighted by atomic mass is 16.5. The number of hydrogen-bond donors (Lipinski definition) is 1. The van der Waals surface area contributed by atoms with Crippen LogP contribution in [0.5, 0.6) is 0 Å². The molecule has 2 aliphatic heterocycles. The smallest absolute Gasteiger partial charge is 0.242 e. The van der Waals surface area contributed by atoms with Gasteiger partial charge in [-0.15, -0.1) is 0 Å². The van der Waals surface area contributed by atoms with Gasteiger partial charge in [0, 0.05) is 53.0 Å². The van der Waals surface area contributed by atoms with Gasteiger partial charge in [0.25, 0.3) is 0 Å². The number of rotatable bonds is 4. The van der Waals surface area contributed by atoms with Crippen molar-refractivity contribution in [2.75, 3.05) is 53.0 Å². The lowest BCUT2D eigenvalue weighted by Gasteiger charge is -2.42. The van der Waals surface area contributed by atoms with Crippen LogP contribution < -0.4 is 5.32 Å². The molecule has 0 aromatic carbocycles. The molecule has 0 saturated carbocycles. The molecule has 0 radical (unpaired) electrons. The molecule has 1 amide bonds. The predicted octanol–water partition coefficient (Wildman–Crippen LogP) is 0.555. The van der Waals surface area contributed by atoms with E-state index >= 15 is 0 Å². The third-order valence-corrected chi connectivity index (χ3v) is 4.65. The van der Waals surface area contributed by atoms with Gasteiger partial charge in [0.1, 0.15) is 0 Å². The molecule has 0 atom stereocenters. The van der Waals surface area contributed by atoms with Crippen LogP contribution in [-0.4, -0.2) is 74.2 Å². The molecule has 0 unspecified atom stereocenters. The molecule has 2 rings (SSSR count). The van der Waals surface area contributed by atoms with Gasteiger partial charge in [-0.05, 0) is 32.6 Å². The predicted molar refractivity (Wildman–Crippen MR) is 79.7 cm³/mol. The molecular weight excluding hydrogens is 254 g/mol. The number of amides is 1. The summed E-state index contributed by atoms with van der Waals surface area (Å²) >= 11 is 0. The number of likely N-dealkylation sites (N-methyl/N-ethyl adjacent to an activating group) is 1. The lowest BCUT2D eigenvalue weighted by molar-refractivity contribution is -0.142. The van der Waals surface area contributed by atoms with Crippen LogP contribution in [0.2, 0.25) is 0 Å². The number of piperazine rings is 1. The Morgan fingerprint density at radius 3 is 2.50 bits per heavy atom. The Kier molecular flexibility index (Phi) is 5.41. The van der Waals surface area contributed by atoms with E-state index in [4.69, 9.17) is 4.74 Å². The van der Waals surface area contributed by atoms with E-state index in [1.807, 2.05) is 11.9 Å². The van der Waals surface area contributed by atoms with Crippen LogP contribution in [-0.2, 0) is 9.53 Å². The van der Waals surface area contributed by atoms with E-state index in [1.54, 1.807) is 0 Å². The molecule has 116 valence electrons. The standard InChI is InChI=1S/C15H29N3O2/c1-15(2,18-8-6-16-7-9-18)14(19)17(3)12-13-4-10-20-11-5-13/h13,16H,4-12H2,1-3H3. The molecule has 0 bridgehead atoms. The average molecular weight is 283 g/mol. The quantitative estimate of drug-likeness (QED) is 0.819. The maximum atomic E-state index is 12.8. The zero-order chi connectivity index (χ0) is 14.6. The molecule has 0 aromatic heterocycles. The van der Waals surface area contributed by atoms with Crippen molar-refractivity contribution >= 4 is 5.91 Å². The minimum Gasteiger partial charge on any atom is -0.381 e. The summed E-state index contributed by atoms with van der Waals surface area (Å²) in [6.45, 7) is 10.5. The topological polar surface area (TPSA) is 44.8 Å². The summed E-state index contributed by atoms with van der Waals surface area (Å²) in [5.74, 6) is 0.836.